The number of carboxylic acids is 1. The van der Waals surface area contributed by atoms with E-state index in [1.54, 1.807) is 36.4 Å². The van der Waals surface area contributed by atoms with Crippen LogP contribution in [0.5, 0.6) is 0 Å². The monoisotopic (exact) mass is 642 g/mol. The van der Waals surface area contributed by atoms with Gasteiger partial charge in [-0.1, -0.05) is 6.07 Å². The zero-order valence-corrected chi connectivity index (χ0v) is 25.5. The molecule has 5 rings (SSSR count). The van der Waals surface area contributed by atoms with Crippen molar-refractivity contribution in [3.63, 3.8) is 0 Å². The molecule has 0 aliphatic carbocycles. The van der Waals surface area contributed by atoms with Gasteiger partial charge in [0.1, 0.15) is 11.6 Å². The van der Waals surface area contributed by atoms with Gasteiger partial charge in [0.05, 0.1) is 16.0 Å². The number of hydrogen-bond donors (Lipinski definition) is 2. The molecule has 1 saturated heterocycles. The Morgan fingerprint density at radius 1 is 0.854 bits per heavy atom. The highest BCUT2D eigenvalue weighted by atomic mass is 35.5. The molecule has 8 nitrogen and oxygen atoms in total. The Balaban J connectivity index is 0.00000196. The average Bonchev–Trinajstić information content (AvgIpc) is 2.90. The topological polar surface area (TPSA) is 103 Å². The van der Waals surface area contributed by atoms with Crippen molar-refractivity contribution >= 4 is 81.3 Å². The summed E-state index contributed by atoms with van der Waals surface area (Å²) < 4.78 is 41.7. The molecule has 220 valence electrons. The lowest BCUT2D eigenvalue weighted by atomic mass is 10.1. The van der Waals surface area contributed by atoms with E-state index in [-0.39, 0.29) is 59.2 Å². The number of aryl methyl sites for hydroxylation is 2. The summed E-state index contributed by atoms with van der Waals surface area (Å²) in [5.74, 6) is -0.870. The maximum atomic E-state index is 13.3. The lowest BCUT2D eigenvalue weighted by molar-refractivity contribution is 0.0699. The van der Waals surface area contributed by atoms with Crippen LogP contribution in [0, 0.1) is 19.7 Å². The Hall–Kier alpha value is -3.31. The van der Waals surface area contributed by atoms with Crippen LogP contribution in [-0.2, 0) is 10.0 Å². The number of sulfonamides is 1. The molecule has 4 aromatic rings. The highest BCUT2D eigenvalue weighted by molar-refractivity contribution is 7.92. The maximum Gasteiger partial charge on any atom is 0.336 e. The van der Waals surface area contributed by atoms with Crippen LogP contribution in [0.4, 0.5) is 21.6 Å². The molecule has 0 amide bonds. The number of fused-ring (bicyclic) bond motifs is 1. The van der Waals surface area contributed by atoms with Crippen LogP contribution < -0.4 is 14.5 Å². The van der Waals surface area contributed by atoms with E-state index in [1.807, 2.05) is 18.7 Å². The van der Waals surface area contributed by atoms with E-state index >= 15 is 0 Å². The first kappa shape index (κ1) is 33.9. The minimum Gasteiger partial charge on any atom is -0.478 e. The zero-order valence-electron chi connectivity index (χ0n) is 22.2. The molecule has 1 aromatic heterocycles. The van der Waals surface area contributed by atoms with E-state index in [0.717, 1.165) is 16.8 Å². The van der Waals surface area contributed by atoms with Crippen LogP contribution in [0.1, 0.15) is 21.5 Å². The van der Waals surface area contributed by atoms with Gasteiger partial charge in [-0.3, -0.25) is 4.72 Å². The molecule has 0 atom stereocenters. The first-order valence-electron chi connectivity index (χ1n) is 12.1. The summed E-state index contributed by atoms with van der Waals surface area (Å²) in [6.45, 7) is 6.32. The molecule has 2 N–H and O–H groups in total. The maximum absolute atomic E-state index is 13.3. The summed E-state index contributed by atoms with van der Waals surface area (Å²) in [6.07, 6.45) is 0. The number of rotatable bonds is 6. The van der Waals surface area contributed by atoms with Crippen LogP contribution in [0.2, 0.25) is 0 Å². The van der Waals surface area contributed by atoms with Crippen LogP contribution in [0.3, 0.4) is 0 Å². The predicted octanol–water partition coefficient (Wildman–Crippen LogP) is 6.08. The number of nitrogens with zero attached hydrogens (tertiary/aromatic N) is 3. The predicted molar refractivity (Wildman–Crippen MR) is 168 cm³/mol. The van der Waals surface area contributed by atoms with Gasteiger partial charge in [0.2, 0.25) is 0 Å². The van der Waals surface area contributed by atoms with Crippen LogP contribution in [-0.4, -0.2) is 50.7 Å². The Kier molecular flexibility index (Phi) is 11.2. The molecule has 0 unspecified atom stereocenters. The number of hydrogen-bond acceptors (Lipinski definition) is 6. The summed E-state index contributed by atoms with van der Waals surface area (Å²) in [5.41, 5.74) is 3.52. The van der Waals surface area contributed by atoms with Crippen LogP contribution >= 0.6 is 37.2 Å². The normalized spacial score (nSPS) is 13.0. The van der Waals surface area contributed by atoms with Gasteiger partial charge in [-0.05, 0) is 85.6 Å². The summed E-state index contributed by atoms with van der Waals surface area (Å²) >= 11 is 0. The lowest BCUT2D eigenvalue weighted by Gasteiger charge is -2.37. The quantitative estimate of drug-likeness (QED) is 0.263. The summed E-state index contributed by atoms with van der Waals surface area (Å²) in [6, 6.07) is 17.5. The molecule has 3 aromatic carbocycles. The highest BCUT2D eigenvalue weighted by Crippen LogP contribution is 2.29. The molecule has 1 aliphatic rings. The number of pyridine rings is 1. The van der Waals surface area contributed by atoms with E-state index in [2.05, 4.69) is 14.6 Å². The third-order valence-electron chi connectivity index (χ3n) is 6.86. The van der Waals surface area contributed by atoms with Crippen LogP contribution in [0.25, 0.3) is 10.9 Å². The molecular weight excluding hydrogens is 614 g/mol. The molecule has 0 saturated carbocycles. The van der Waals surface area contributed by atoms with E-state index in [1.165, 1.54) is 30.3 Å². The minimum atomic E-state index is -3.86. The Morgan fingerprint density at radius 2 is 1.49 bits per heavy atom. The second kappa shape index (κ2) is 13.6. The van der Waals surface area contributed by atoms with E-state index in [9.17, 15) is 22.7 Å². The standard InChI is InChI=1S/C28H27FN4O4S.3ClH/c1-18-3-9-23(15-19(18)2)38(36,37)31-21-6-10-26-24(16-21)25(28(34)35)17-27(30-26)33-13-11-32(12-14-33)22-7-4-20(29)5-8-22;;;/h3-10,15-17,31H,11-14H2,1-2H3,(H,34,35);3*1H. The van der Waals surface area contributed by atoms with Gasteiger partial charge in [0.15, 0.2) is 0 Å². The number of anilines is 3. The fourth-order valence-electron chi connectivity index (χ4n) is 4.56. The first-order valence-corrected chi connectivity index (χ1v) is 13.6. The first-order chi connectivity index (χ1) is 18.1. The van der Waals surface area contributed by atoms with Crippen molar-refractivity contribution in [1.29, 1.82) is 0 Å². The average molecular weight is 644 g/mol. The number of carbonyl (C=O) groups is 1. The molecule has 2 heterocycles. The number of carboxylic acid groups (broad SMARTS) is 1. The number of nitrogens with one attached hydrogen (secondary N) is 1. The van der Waals surface area contributed by atoms with Gasteiger partial charge in [0.25, 0.3) is 10.0 Å². The van der Waals surface area contributed by atoms with Crippen molar-refractivity contribution in [3.05, 3.63) is 89.2 Å². The summed E-state index contributed by atoms with van der Waals surface area (Å²) in [7, 11) is -3.86. The van der Waals surface area contributed by atoms with Crippen molar-refractivity contribution in [2.75, 3.05) is 40.7 Å². The molecule has 0 spiro atoms. The van der Waals surface area contributed by atoms with E-state index in [0.29, 0.717) is 42.9 Å². The van der Waals surface area contributed by atoms with Crippen molar-refractivity contribution < 1.29 is 22.7 Å². The van der Waals surface area contributed by atoms with Gasteiger partial charge >= 0.3 is 5.97 Å². The van der Waals surface area contributed by atoms with Crippen molar-refractivity contribution in [1.82, 2.24) is 4.98 Å². The SMILES string of the molecule is Cc1ccc(S(=O)(=O)Nc2ccc3nc(N4CCN(c5ccc(F)cc5)CC4)cc(C(=O)O)c3c2)cc1C.Cl.Cl.Cl. The Morgan fingerprint density at radius 3 is 2.10 bits per heavy atom. The summed E-state index contributed by atoms with van der Waals surface area (Å²) in [4.78, 5) is 21.2. The number of piperazine rings is 1. The highest BCUT2D eigenvalue weighted by Gasteiger charge is 2.22. The lowest BCUT2D eigenvalue weighted by Crippen LogP contribution is -2.46. The number of aromatic nitrogens is 1. The fraction of sp³-hybridized carbons (Fsp3) is 0.214. The van der Waals surface area contributed by atoms with Crippen molar-refractivity contribution in [2.45, 2.75) is 18.7 Å². The fourth-order valence-corrected chi connectivity index (χ4v) is 5.69. The molecule has 1 aliphatic heterocycles. The van der Waals surface area contributed by atoms with Gasteiger partial charge in [-0.15, -0.1) is 37.2 Å². The third kappa shape index (κ3) is 7.32. The van der Waals surface area contributed by atoms with E-state index in [4.69, 9.17) is 0 Å². The summed E-state index contributed by atoms with van der Waals surface area (Å²) in [5, 5.41) is 10.3. The molecule has 0 bridgehead atoms. The van der Waals surface area contributed by atoms with Crippen molar-refractivity contribution in [3.8, 4) is 0 Å². The minimum absolute atomic E-state index is 0. The van der Waals surface area contributed by atoms with Gasteiger partial charge < -0.3 is 14.9 Å². The second-order valence-electron chi connectivity index (χ2n) is 9.37. The van der Waals surface area contributed by atoms with Gasteiger partial charge in [0, 0.05) is 42.9 Å². The number of benzene rings is 3. The third-order valence-corrected chi connectivity index (χ3v) is 8.24. The van der Waals surface area contributed by atoms with Crippen molar-refractivity contribution in [2.24, 2.45) is 0 Å². The van der Waals surface area contributed by atoms with E-state index < -0.39 is 16.0 Å². The number of aromatic carboxylic acids is 1. The van der Waals surface area contributed by atoms with Gasteiger partial charge in [-0.2, -0.15) is 0 Å². The molecule has 41 heavy (non-hydrogen) atoms. The molecular formula is C28H30Cl3FN4O4S. The molecule has 13 heteroatoms. The second-order valence-corrected chi connectivity index (χ2v) is 11.0. The Bertz CT molecular complexity index is 1650. The molecule has 1 fully saturated rings. The molecule has 0 radical (unpaired) electrons. The largest absolute Gasteiger partial charge is 0.478 e. The van der Waals surface area contributed by atoms with Crippen LogP contribution in [0.15, 0.2) is 71.6 Å². The number of halogens is 4. The van der Waals surface area contributed by atoms with Gasteiger partial charge in [-0.25, -0.2) is 22.6 Å². The zero-order chi connectivity index (χ0) is 27.0. The Labute approximate surface area is 256 Å². The smallest absolute Gasteiger partial charge is 0.336 e.